The van der Waals surface area contributed by atoms with E-state index in [4.69, 9.17) is 14.2 Å². The predicted octanol–water partition coefficient (Wildman–Crippen LogP) is 3.26. The Morgan fingerprint density at radius 3 is 2.41 bits per heavy atom. The molecule has 2 aliphatic rings. The number of carbonyl (C=O) groups is 1. The number of rotatable bonds is 5. The molecule has 2 aromatic carbocycles. The minimum absolute atomic E-state index is 0.0624. The average molecular weight is 413 g/mol. The van der Waals surface area contributed by atoms with Gasteiger partial charge in [0.15, 0.2) is 11.5 Å². The average Bonchev–Trinajstić information content (AvgIpc) is 3.12. The van der Waals surface area contributed by atoms with Crippen molar-refractivity contribution in [2.75, 3.05) is 27.9 Å². The zero-order valence-electron chi connectivity index (χ0n) is 16.7. The first-order valence-electron chi connectivity index (χ1n) is 9.43. The molecule has 1 atom stereocenters. The molecule has 0 bridgehead atoms. The number of amides is 1. The maximum Gasteiger partial charge on any atom is 0.259 e. The van der Waals surface area contributed by atoms with Gasteiger partial charge in [0.2, 0.25) is 5.75 Å². The van der Waals surface area contributed by atoms with Gasteiger partial charge in [-0.1, -0.05) is 36.0 Å². The number of thioether (sulfide) groups is 1. The quantitative estimate of drug-likeness (QED) is 0.761. The van der Waals surface area contributed by atoms with Gasteiger partial charge in [0.1, 0.15) is 5.50 Å². The predicted molar refractivity (Wildman–Crippen MR) is 114 cm³/mol. The van der Waals surface area contributed by atoms with E-state index in [9.17, 15) is 4.79 Å². The maximum absolute atomic E-state index is 12.6. The Balaban J connectivity index is 1.55. The highest BCUT2D eigenvalue weighted by molar-refractivity contribution is 8.05. The second kappa shape index (κ2) is 8.39. The summed E-state index contributed by atoms with van der Waals surface area (Å²) in [7, 11) is 4.73. The summed E-state index contributed by atoms with van der Waals surface area (Å²) >= 11 is 1.55. The van der Waals surface area contributed by atoms with Gasteiger partial charge >= 0.3 is 0 Å². The lowest BCUT2D eigenvalue weighted by atomic mass is 10.0. The SMILES string of the molecule is COc1cc(C=C2SC(N3CCc4ccccc4C3)NC2=O)cc(OC)c1OC. The van der Waals surface area contributed by atoms with Crippen LogP contribution in [0.25, 0.3) is 6.08 Å². The highest BCUT2D eigenvalue weighted by Gasteiger charge is 2.33. The molecule has 6 nitrogen and oxygen atoms in total. The zero-order chi connectivity index (χ0) is 20.4. The molecular formula is C22H24N2O4S. The minimum Gasteiger partial charge on any atom is -0.493 e. The van der Waals surface area contributed by atoms with Crippen molar-refractivity contribution in [3.8, 4) is 17.2 Å². The molecular weight excluding hydrogens is 388 g/mol. The van der Waals surface area contributed by atoms with E-state index in [-0.39, 0.29) is 11.4 Å². The first-order chi connectivity index (χ1) is 14.1. The molecule has 0 spiro atoms. The molecule has 7 heteroatoms. The van der Waals surface area contributed by atoms with Crippen molar-refractivity contribution >= 4 is 23.7 Å². The van der Waals surface area contributed by atoms with Crippen molar-refractivity contribution in [2.24, 2.45) is 0 Å². The molecule has 152 valence electrons. The molecule has 1 unspecified atom stereocenters. The fourth-order valence-electron chi connectivity index (χ4n) is 3.71. The monoisotopic (exact) mass is 412 g/mol. The number of methoxy groups -OCH3 is 3. The lowest BCUT2D eigenvalue weighted by Crippen LogP contribution is -2.44. The third-order valence-corrected chi connectivity index (χ3v) is 6.39. The van der Waals surface area contributed by atoms with Gasteiger partial charge in [-0.15, -0.1) is 0 Å². The molecule has 29 heavy (non-hydrogen) atoms. The summed E-state index contributed by atoms with van der Waals surface area (Å²) in [5.41, 5.74) is 3.48. The highest BCUT2D eigenvalue weighted by Crippen LogP contribution is 2.40. The molecule has 1 saturated heterocycles. The third-order valence-electron chi connectivity index (χ3n) is 5.19. The van der Waals surface area contributed by atoms with E-state index in [1.807, 2.05) is 18.2 Å². The summed E-state index contributed by atoms with van der Waals surface area (Å²) < 4.78 is 16.2. The van der Waals surface area contributed by atoms with Crippen molar-refractivity contribution in [1.29, 1.82) is 0 Å². The zero-order valence-corrected chi connectivity index (χ0v) is 17.5. The van der Waals surface area contributed by atoms with Gasteiger partial charge in [0.25, 0.3) is 5.91 Å². The number of fused-ring (bicyclic) bond motifs is 1. The number of ether oxygens (including phenoxy) is 3. The number of hydrogen-bond acceptors (Lipinski definition) is 6. The molecule has 2 aromatic rings. The van der Waals surface area contributed by atoms with Crippen LogP contribution in [0.2, 0.25) is 0 Å². The van der Waals surface area contributed by atoms with E-state index >= 15 is 0 Å². The molecule has 2 aliphatic heterocycles. The summed E-state index contributed by atoms with van der Waals surface area (Å²) in [5.74, 6) is 1.59. The second-order valence-corrected chi connectivity index (χ2v) is 8.02. The van der Waals surface area contributed by atoms with Gasteiger partial charge in [0.05, 0.1) is 26.2 Å². The van der Waals surface area contributed by atoms with Gasteiger partial charge in [-0.2, -0.15) is 0 Å². The normalized spacial score (nSPS) is 20.3. The summed E-state index contributed by atoms with van der Waals surface area (Å²) in [4.78, 5) is 15.6. The van der Waals surface area contributed by atoms with E-state index < -0.39 is 0 Å². The van der Waals surface area contributed by atoms with Gasteiger partial charge in [-0.05, 0) is 41.3 Å². The molecule has 0 saturated carbocycles. The Morgan fingerprint density at radius 2 is 1.76 bits per heavy atom. The number of carbonyl (C=O) groups excluding carboxylic acids is 1. The fourth-order valence-corrected chi connectivity index (χ4v) is 4.81. The summed E-state index contributed by atoms with van der Waals surface area (Å²) in [6.07, 6.45) is 2.86. The third kappa shape index (κ3) is 3.93. The summed E-state index contributed by atoms with van der Waals surface area (Å²) in [6, 6.07) is 12.2. The molecule has 2 heterocycles. The maximum atomic E-state index is 12.6. The Bertz CT molecular complexity index is 935. The van der Waals surface area contributed by atoms with Crippen LogP contribution < -0.4 is 19.5 Å². The molecule has 4 rings (SSSR count). The number of nitrogens with zero attached hydrogens (tertiary/aromatic N) is 1. The van der Waals surface area contributed by atoms with E-state index in [1.165, 1.54) is 11.1 Å². The number of nitrogens with one attached hydrogen (secondary N) is 1. The van der Waals surface area contributed by atoms with Crippen molar-refractivity contribution in [3.05, 3.63) is 58.0 Å². The Morgan fingerprint density at radius 1 is 1.07 bits per heavy atom. The molecule has 1 N–H and O–H groups in total. The number of hydrogen-bond donors (Lipinski definition) is 1. The minimum atomic E-state index is -0.0656. The fraction of sp³-hybridized carbons (Fsp3) is 0.318. The van der Waals surface area contributed by atoms with Gasteiger partial charge in [-0.25, -0.2) is 0 Å². The van der Waals surface area contributed by atoms with E-state index in [2.05, 4.69) is 34.5 Å². The molecule has 0 aromatic heterocycles. The Labute approximate surface area is 174 Å². The van der Waals surface area contributed by atoms with Crippen LogP contribution in [0.5, 0.6) is 17.2 Å². The first-order valence-corrected chi connectivity index (χ1v) is 10.3. The van der Waals surface area contributed by atoms with E-state index in [0.29, 0.717) is 22.2 Å². The van der Waals surface area contributed by atoms with Crippen LogP contribution in [0.15, 0.2) is 41.3 Å². The van der Waals surface area contributed by atoms with Gasteiger partial charge < -0.3 is 19.5 Å². The van der Waals surface area contributed by atoms with Crippen LogP contribution in [-0.4, -0.2) is 44.2 Å². The molecule has 1 amide bonds. The van der Waals surface area contributed by atoms with Crippen LogP contribution in [-0.2, 0) is 17.8 Å². The Hall–Kier alpha value is -2.64. The van der Waals surface area contributed by atoms with Gasteiger partial charge in [0, 0.05) is 13.1 Å². The van der Waals surface area contributed by atoms with Crippen LogP contribution in [0.3, 0.4) is 0 Å². The summed E-state index contributed by atoms with van der Waals surface area (Å²) in [5, 5.41) is 3.10. The molecule has 1 fully saturated rings. The van der Waals surface area contributed by atoms with E-state index in [1.54, 1.807) is 33.1 Å². The Kier molecular flexibility index (Phi) is 5.69. The summed E-state index contributed by atoms with van der Waals surface area (Å²) in [6.45, 7) is 1.76. The number of benzene rings is 2. The van der Waals surface area contributed by atoms with Crippen molar-refractivity contribution in [3.63, 3.8) is 0 Å². The van der Waals surface area contributed by atoms with Gasteiger partial charge in [-0.3, -0.25) is 9.69 Å². The molecule has 0 aliphatic carbocycles. The van der Waals surface area contributed by atoms with Crippen LogP contribution >= 0.6 is 11.8 Å². The van der Waals surface area contributed by atoms with E-state index in [0.717, 1.165) is 25.1 Å². The van der Waals surface area contributed by atoms with Crippen molar-refractivity contribution in [2.45, 2.75) is 18.5 Å². The van der Waals surface area contributed by atoms with Crippen LogP contribution in [0.4, 0.5) is 0 Å². The van der Waals surface area contributed by atoms with Crippen molar-refractivity contribution in [1.82, 2.24) is 10.2 Å². The second-order valence-electron chi connectivity index (χ2n) is 6.90. The largest absolute Gasteiger partial charge is 0.493 e. The molecule has 0 radical (unpaired) electrons. The van der Waals surface area contributed by atoms with Crippen LogP contribution in [0.1, 0.15) is 16.7 Å². The van der Waals surface area contributed by atoms with Crippen LogP contribution in [0, 0.1) is 0 Å². The lowest BCUT2D eigenvalue weighted by molar-refractivity contribution is -0.117. The smallest absolute Gasteiger partial charge is 0.259 e. The standard InChI is InChI=1S/C22H24N2O4S/c1-26-17-10-14(11-18(27-2)20(17)28-3)12-19-21(25)23-22(29-19)24-9-8-15-6-4-5-7-16(15)13-24/h4-7,10-12,22H,8-9,13H2,1-3H3,(H,23,25). The van der Waals surface area contributed by atoms with Crippen molar-refractivity contribution < 1.29 is 19.0 Å². The topological polar surface area (TPSA) is 60.0 Å². The lowest BCUT2D eigenvalue weighted by Gasteiger charge is -2.32. The highest BCUT2D eigenvalue weighted by atomic mass is 32.2. The first kappa shape index (κ1) is 19.7.